The highest BCUT2D eigenvalue weighted by molar-refractivity contribution is 5.44. The molecule has 0 atom stereocenters. The maximum absolute atomic E-state index is 5.39. The van der Waals surface area contributed by atoms with Crippen LogP contribution >= 0.6 is 0 Å². The standard InChI is InChI=1S/C17H16O/c1-3-18-17-12-10-16(11-13-17)9-8-15-6-4-14(2)5-7-15/h4-7,10-13H,3H2,1-2H3. The molecule has 1 heteroatoms. The normalized spacial score (nSPS) is 9.44. The molecule has 1 nitrogen and oxygen atoms in total. The molecule has 0 unspecified atom stereocenters. The van der Waals surface area contributed by atoms with E-state index in [1.807, 2.05) is 43.3 Å². The van der Waals surface area contributed by atoms with Gasteiger partial charge in [-0.2, -0.15) is 0 Å². The van der Waals surface area contributed by atoms with Crippen LogP contribution in [0, 0.1) is 18.8 Å². The van der Waals surface area contributed by atoms with Gasteiger partial charge in [-0.3, -0.25) is 0 Å². The molecule has 0 amide bonds. The predicted octanol–water partition coefficient (Wildman–Crippen LogP) is 3.79. The quantitative estimate of drug-likeness (QED) is 0.721. The Bertz CT molecular complexity index is 553. The van der Waals surface area contributed by atoms with Crippen LogP contribution in [0.4, 0.5) is 0 Å². The summed E-state index contributed by atoms with van der Waals surface area (Å²) in [5.74, 6) is 7.18. The first-order chi connectivity index (χ1) is 8.78. The number of ether oxygens (including phenoxy) is 1. The third-order valence-corrected chi connectivity index (χ3v) is 2.57. The van der Waals surface area contributed by atoms with Crippen LogP contribution in [0.25, 0.3) is 0 Å². The van der Waals surface area contributed by atoms with Crippen LogP contribution in [0.15, 0.2) is 48.5 Å². The van der Waals surface area contributed by atoms with Gasteiger partial charge in [-0.1, -0.05) is 29.5 Å². The van der Waals surface area contributed by atoms with Crippen LogP contribution in [0.5, 0.6) is 5.75 Å². The van der Waals surface area contributed by atoms with Gasteiger partial charge in [-0.05, 0) is 50.2 Å². The van der Waals surface area contributed by atoms with E-state index in [4.69, 9.17) is 4.74 Å². The van der Waals surface area contributed by atoms with Gasteiger partial charge in [0.1, 0.15) is 5.75 Å². The van der Waals surface area contributed by atoms with E-state index in [-0.39, 0.29) is 0 Å². The van der Waals surface area contributed by atoms with Crippen LogP contribution in [-0.4, -0.2) is 6.61 Å². The average Bonchev–Trinajstić information content (AvgIpc) is 2.40. The van der Waals surface area contributed by atoms with Gasteiger partial charge in [0.25, 0.3) is 0 Å². The molecule has 90 valence electrons. The highest BCUT2D eigenvalue weighted by Gasteiger charge is 1.91. The molecule has 0 fully saturated rings. The molecule has 0 aliphatic rings. The largest absolute Gasteiger partial charge is 0.494 e. The lowest BCUT2D eigenvalue weighted by Gasteiger charge is -2.01. The third kappa shape index (κ3) is 3.40. The molecule has 2 rings (SSSR count). The van der Waals surface area contributed by atoms with Crippen molar-refractivity contribution in [3.63, 3.8) is 0 Å². The number of benzene rings is 2. The van der Waals surface area contributed by atoms with Crippen molar-refractivity contribution in [2.24, 2.45) is 0 Å². The summed E-state index contributed by atoms with van der Waals surface area (Å²) in [7, 11) is 0. The lowest BCUT2D eigenvalue weighted by molar-refractivity contribution is 0.340. The van der Waals surface area contributed by atoms with Crippen LogP contribution in [-0.2, 0) is 0 Å². The van der Waals surface area contributed by atoms with Crippen molar-refractivity contribution >= 4 is 0 Å². The fourth-order valence-corrected chi connectivity index (χ4v) is 1.58. The lowest BCUT2D eigenvalue weighted by atomic mass is 10.1. The van der Waals surface area contributed by atoms with Gasteiger partial charge in [-0.15, -0.1) is 0 Å². The van der Waals surface area contributed by atoms with Crippen LogP contribution < -0.4 is 4.74 Å². The van der Waals surface area contributed by atoms with Crippen molar-refractivity contribution in [1.82, 2.24) is 0 Å². The van der Waals surface area contributed by atoms with E-state index in [2.05, 4.69) is 30.9 Å². The van der Waals surface area contributed by atoms with E-state index in [1.54, 1.807) is 0 Å². The molecule has 0 aromatic heterocycles. The maximum Gasteiger partial charge on any atom is 0.119 e. The first-order valence-corrected chi connectivity index (χ1v) is 6.09. The topological polar surface area (TPSA) is 9.23 Å². The Balaban J connectivity index is 2.12. The van der Waals surface area contributed by atoms with E-state index in [0.29, 0.717) is 6.61 Å². The fraction of sp³-hybridized carbons (Fsp3) is 0.176. The second-order valence-corrected chi connectivity index (χ2v) is 4.07. The van der Waals surface area contributed by atoms with E-state index < -0.39 is 0 Å². The van der Waals surface area contributed by atoms with E-state index in [0.717, 1.165) is 16.9 Å². The summed E-state index contributed by atoms with van der Waals surface area (Å²) in [5.41, 5.74) is 3.29. The minimum absolute atomic E-state index is 0.689. The van der Waals surface area contributed by atoms with E-state index in [9.17, 15) is 0 Å². The summed E-state index contributed by atoms with van der Waals surface area (Å²) in [6.45, 7) is 4.74. The number of hydrogen-bond acceptors (Lipinski definition) is 1. The minimum atomic E-state index is 0.689. The summed E-state index contributed by atoms with van der Waals surface area (Å²) < 4.78 is 5.39. The molecule has 0 radical (unpaired) electrons. The van der Waals surface area contributed by atoms with Crippen molar-refractivity contribution in [1.29, 1.82) is 0 Å². The molecule has 0 saturated heterocycles. The zero-order chi connectivity index (χ0) is 12.8. The van der Waals surface area contributed by atoms with Crippen molar-refractivity contribution in [3.05, 3.63) is 65.2 Å². The number of rotatable bonds is 2. The molecule has 0 spiro atoms. The Morgan fingerprint density at radius 1 is 0.833 bits per heavy atom. The number of hydrogen-bond donors (Lipinski definition) is 0. The van der Waals surface area contributed by atoms with Gasteiger partial charge in [-0.25, -0.2) is 0 Å². The van der Waals surface area contributed by atoms with Gasteiger partial charge in [0.2, 0.25) is 0 Å². The molecule has 0 saturated carbocycles. The average molecular weight is 236 g/mol. The number of aryl methyl sites for hydroxylation is 1. The summed E-state index contributed by atoms with van der Waals surface area (Å²) in [5, 5.41) is 0. The first-order valence-electron chi connectivity index (χ1n) is 6.09. The highest BCUT2D eigenvalue weighted by Crippen LogP contribution is 2.11. The summed E-state index contributed by atoms with van der Waals surface area (Å²) in [4.78, 5) is 0. The van der Waals surface area contributed by atoms with E-state index in [1.165, 1.54) is 5.56 Å². The molecule has 0 aliphatic carbocycles. The fourth-order valence-electron chi connectivity index (χ4n) is 1.58. The SMILES string of the molecule is CCOc1ccc(C#Cc2ccc(C)cc2)cc1. The monoisotopic (exact) mass is 236 g/mol. The predicted molar refractivity (Wildman–Crippen MR) is 74.8 cm³/mol. The van der Waals surface area contributed by atoms with Gasteiger partial charge < -0.3 is 4.74 Å². The lowest BCUT2D eigenvalue weighted by Crippen LogP contribution is -1.90. The summed E-state index contributed by atoms with van der Waals surface area (Å²) >= 11 is 0. The summed E-state index contributed by atoms with van der Waals surface area (Å²) in [6.07, 6.45) is 0. The van der Waals surface area contributed by atoms with Crippen LogP contribution in [0.3, 0.4) is 0 Å². The summed E-state index contributed by atoms with van der Waals surface area (Å²) in [6, 6.07) is 16.1. The zero-order valence-electron chi connectivity index (χ0n) is 10.7. The van der Waals surface area contributed by atoms with E-state index >= 15 is 0 Å². The molecular weight excluding hydrogens is 220 g/mol. The Labute approximate surface area is 108 Å². The van der Waals surface area contributed by atoms with Crippen LogP contribution in [0.2, 0.25) is 0 Å². The molecule has 18 heavy (non-hydrogen) atoms. The van der Waals surface area contributed by atoms with Gasteiger partial charge in [0, 0.05) is 11.1 Å². The molecule has 2 aromatic carbocycles. The molecule has 0 aliphatic heterocycles. The van der Waals surface area contributed by atoms with Gasteiger partial charge in [0.05, 0.1) is 6.61 Å². The van der Waals surface area contributed by atoms with Crippen molar-refractivity contribution < 1.29 is 4.74 Å². The second-order valence-electron chi connectivity index (χ2n) is 4.07. The Morgan fingerprint density at radius 3 is 1.83 bits per heavy atom. The maximum atomic E-state index is 5.39. The minimum Gasteiger partial charge on any atom is -0.494 e. The first kappa shape index (κ1) is 12.3. The van der Waals surface area contributed by atoms with Gasteiger partial charge >= 0.3 is 0 Å². The molecule has 0 heterocycles. The van der Waals surface area contributed by atoms with Crippen LogP contribution in [0.1, 0.15) is 23.6 Å². The zero-order valence-corrected chi connectivity index (χ0v) is 10.7. The molecule has 0 N–H and O–H groups in total. The Hall–Kier alpha value is -2.20. The third-order valence-electron chi connectivity index (χ3n) is 2.57. The van der Waals surface area contributed by atoms with Crippen molar-refractivity contribution in [2.45, 2.75) is 13.8 Å². The highest BCUT2D eigenvalue weighted by atomic mass is 16.5. The Morgan fingerprint density at radius 2 is 1.33 bits per heavy atom. The van der Waals surface area contributed by atoms with Crippen molar-refractivity contribution in [2.75, 3.05) is 6.61 Å². The molecule has 0 bridgehead atoms. The smallest absolute Gasteiger partial charge is 0.119 e. The second kappa shape index (κ2) is 5.93. The van der Waals surface area contributed by atoms with Crippen molar-refractivity contribution in [3.8, 4) is 17.6 Å². The molecular formula is C17H16O. The van der Waals surface area contributed by atoms with Gasteiger partial charge in [0.15, 0.2) is 0 Å². The molecule has 2 aromatic rings. The Kier molecular flexibility index (Phi) is 4.04.